The van der Waals surface area contributed by atoms with Gasteiger partial charge in [-0.2, -0.15) is 0 Å². The van der Waals surface area contributed by atoms with E-state index in [9.17, 15) is 4.79 Å². The van der Waals surface area contributed by atoms with E-state index in [1.54, 1.807) is 18.5 Å². The number of anilines is 1. The van der Waals surface area contributed by atoms with E-state index in [2.05, 4.69) is 44.5 Å². The van der Waals surface area contributed by atoms with Crippen LogP contribution in [0.1, 0.15) is 49.4 Å². The lowest BCUT2D eigenvalue weighted by Crippen LogP contribution is -2.14. The zero-order valence-electron chi connectivity index (χ0n) is 14.2. The molecule has 0 radical (unpaired) electrons. The van der Waals surface area contributed by atoms with E-state index in [0.29, 0.717) is 29.2 Å². The molecule has 2 heterocycles. The molecule has 1 aromatic carbocycles. The Kier molecular flexibility index (Phi) is 4.46. The Hall–Kier alpha value is -2.69. The van der Waals surface area contributed by atoms with Gasteiger partial charge in [0.2, 0.25) is 0 Å². The van der Waals surface area contributed by atoms with Crippen molar-refractivity contribution in [3.05, 3.63) is 64.5 Å². The van der Waals surface area contributed by atoms with Crippen LogP contribution in [0.15, 0.2) is 47.5 Å². The molecule has 25 heavy (non-hydrogen) atoms. The lowest BCUT2D eigenvalue weighted by molar-refractivity contribution is 0.443. The van der Waals surface area contributed by atoms with Gasteiger partial charge in [-0.05, 0) is 42.5 Å². The first kappa shape index (κ1) is 15.8. The molecule has 1 aliphatic carbocycles. The molecule has 0 unspecified atom stereocenters. The molecule has 5 nitrogen and oxygen atoms in total. The standard InChI is InChI=1S/C20H22N4O/c25-20-17-10-11-21-12-18(17)23-19(24-20)13-22-16-8-6-15(7-9-16)14-4-2-1-3-5-14/h6-12,14,22H,1-5,13H2,(H,23,24,25). The van der Waals surface area contributed by atoms with Crippen LogP contribution in [-0.4, -0.2) is 15.0 Å². The highest BCUT2D eigenvalue weighted by Gasteiger charge is 2.15. The summed E-state index contributed by atoms with van der Waals surface area (Å²) in [6.07, 6.45) is 9.91. The molecule has 0 spiro atoms. The third-order valence-corrected chi connectivity index (χ3v) is 5.01. The topological polar surface area (TPSA) is 70.7 Å². The van der Waals surface area contributed by atoms with Crippen molar-refractivity contribution in [3.63, 3.8) is 0 Å². The molecule has 0 aliphatic heterocycles. The molecule has 5 heteroatoms. The van der Waals surface area contributed by atoms with Crippen molar-refractivity contribution >= 4 is 16.6 Å². The average Bonchev–Trinajstić information content (AvgIpc) is 2.68. The largest absolute Gasteiger partial charge is 0.378 e. The van der Waals surface area contributed by atoms with E-state index in [4.69, 9.17) is 0 Å². The van der Waals surface area contributed by atoms with Crippen LogP contribution in [-0.2, 0) is 6.54 Å². The van der Waals surface area contributed by atoms with Gasteiger partial charge in [-0.3, -0.25) is 9.78 Å². The molecule has 0 atom stereocenters. The van der Waals surface area contributed by atoms with E-state index in [0.717, 1.165) is 5.69 Å². The third kappa shape index (κ3) is 3.55. The second kappa shape index (κ2) is 7.05. The summed E-state index contributed by atoms with van der Waals surface area (Å²) in [6, 6.07) is 10.4. The maximum Gasteiger partial charge on any atom is 0.258 e. The predicted octanol–water partition coefficient (Wildman–Crippen LogP) is 3.98. The molecule has 1 saturated carbocycles. The number of hydrogen-bond donors (Lipinski definition) is 2. The Balaban J connectivity index is 1.45. The van der Waals surface area contributed by atoms with E-state index in [-0.39, 0.29) is 5.56 Å². The lowest BCUT2D eigenvalue weighted by Gasteiger charge is -2.22. The molecule has 0 saturated heterocycles. The summed E-state index contributed by atoms with van der Waals surface area (Å²) >= 11 is 0. The van der Waals surface area contributed by atoms with Crippen LogP contribution >= 0.6 is 0 Å². The van der Waals surface area contributed by atoms with E-state index in [1.165, 1.54) is 37.7 Å². The summed E-state index contributed by atoms with van der Waals surface area (Å²) in [4.78, 5) is 23.4. The van der Waals surface area contributed by atoms with Gasteiger partial charge in [0.05, 0.1) is 23.6 Å². The van der Waals surface area contributed by atoms with Crippen molar-refractivity contribution in [1.82, 2.24) is 15.0 Å². The Bertz CT molecular complexity index is 911. The minimum Gasteiger partial charge on any atom is -0.378 e. The third-order valence-electron chi connectivity index (χ3n) is 5.01. The number of benzene rings is 1. The van der Waals surface area contributed by atoms with Gasteiger partial charge in [0, 0.05) is 11.9 Å². The first-order valence-electron chi connectivity index (χ1n) is 8.96. The number of nitrogens with zero attached hydrogens (tertiary/aromatic N) is 2. The fraction of sp³-hybridized carbons (Fsp3) is 0.350. The highest BCUT2D eigenvalue weighted by atomic mass is 16.1. The van der Waals surface area contributed by atoms with Gasteiger partial charge < -0.3 is 10.3 Å². The highest BCUT2D eigenvalue weighted by Crippen LogP contribution is 2.32. The van der Waals surface area contributed by atoms with Gasteiger partial charge in [0.15, 0.2) is 0 Å². The Morgan fingerprint density at radius 3 is 2.68 bits per heavy atom. The van der Waals surface area contributed by atoms with Crippen LogP contribution in [0.2, 0.25) is 0 Å². The highest BCUT2D eigenvalue weighted by molar-refractivity contribution is 5.75. The number of aromatic amines is 1. The maximum atomic E-state index is 12.1. The quantitative estimate of drug-likeness (QED) is 0.757. The summed E-state index contributed by atoms with van der Waals surface area (Å²) < 4.78 is 0. The molecule has 1 aliphatic rings. The molecule has 1 fully saturated rings. The second-order valence-corrected chi connectivity index (χ2v) is 6.72. The predicted molar refractivity (Wildman–Crippen MR) is 99.8 cm³/mol. The van der Waals surface area contributed by atoms with Crippen molar-refractivity contribution in [3.8, 4) is 0 Å². The Labute approximate surface area is 146 Å². The van der Waals surface area contributed by atoms with Crippen molar-refractivity contribution in [2.24, 2.45) is 0 Å². The first-order valence-corrected chi connectivity index (χ1v) is 8.96. The monoisotopic (exact) mass is 334 g/mol. The first-order chi connectivity index (χ1) is 12.3. The van der Waals surface area contributed by atoms with Gasteiger partial charge in [-0.1, -0.05) is 31.4 Å². The zero-order valence-corrected chi connectivity index (χ0v) is 14.2. The number of fused-ring (bicyclic) bond motifs is 1. The lowest BCUT2D eigenvalue weighted by atomic mass is 9.84. The summed E-state index contributed by atoms with van der Waals surface area (Å²) in [5.41, 5.74) is 2.97. The normalized spacial score (nSPS) is 15.4. The zero-order chi connectivity index (χ0) is 17.1. The maximum absolute atomic E-state index is 12.1. The number of pyridine rings is 1. The smallest absolute Gasteiger partial charge is 0.258 e. The van der Waals surface area contributed by atoms with Gasteiger partial charge in [-0.15, -0.1) is 0 Å². The van der Waals surface area contributed by atoms with Crippen molar-refractivity contribution in [2.45, 2.75) is 44.6 Å². The number of rotatable bonds is 4. The molecule has 4 rings (SSSR count). The molecule has 0 amide bonds. The fourth-order valence-corrected chi connectivity index (χ4v) is 3.62. The second-order valence-electron chi connectivity index (χ2n) is 6.72. The van der Waals surface area contributed by atoms with Crippen LogP contribution in [0.5, 0.6) is 0 Å². The molecular formula is C20H22N4O. The molecule has 0 bridgehead atoms. The SMILES string of the molecule is O=c1[nH]c(CNc2ccc(C3CCCCC3)cc2)nc2cnccc12. The average molecular weight is 334 g/mol. The fourth-order valence-electron chi connectivity index (χ4n) is 3.62. The molecular weight excluding hydrogens is 312 g/mol. The number of nitrogens with one attached hydrogen (secondary N) is 2. The van der Waals surface area contributed by atoms with Crippen LogP contribution in [0.25, 0.3) is 10.9 Å². The minimum atomic E-state index is -0.128. The molecule has 2 N–H and O–H groups in total. The van der Waals surface area contributed by atoms with Crippen LogP contribution < -0.4 is 10.9 Å². The molecule has 2 aromatic heterocycles. The summed E-state index contributed by atoms with van der Waals surface area (Å²) in [5, 5.41) is 3.90. The van der Waals surface area contributed by atoms with E-state index >= 15 is 0 Å². The van der Waals surface area contributed by atoms with Crippen molar-refractivity contribution in [2.75, 3.05) is 5.32 Å². The molecule has 3 aromatic rings. The Morgan fingerprint density at radius 1 is 1.08 bits per heavy atom. The van der Waals surface area contributed by atoms with E-state index in [1.807, 2.05) is 0 Å². The van der Waals surface area contributed by atoms with Gasteiger partial charge >= 0.3 is 0 Å². The van der Waals surface area contributed by atoms with Crippen LogP contribution in [0.4, 0.5) is 5.69 Å². The van der Waals surface area contributed by atoms with Crippen LogP contribution in [0, 0.1) is 0 Å². The summed E-state index contributed by atoms with van der Waals surface area (Å²) in [6.45, 7) is 0.475. The number of H-pyrrole nitrogens is 1. The van der Waals surface area contributed by atoms with Crippen molar-refractivity contribution in [1.29, 1.82) is 0 Å². The van der Waals surface area contributed by atoms with Crippen LogP contribution in [0.3, 0.4) is 0 Å². The van der Waals surface area contributed by atoms with E-state index < -0.39 is 0 Å². The summed E-state index contributed by atoms with van der Waals surface area (Å²) in [7, 11) is 0. The van der Waals surface area contributed by atoms with Crippen molar-refractivity contribution < 1.29 is 0 Å². The molecule has 128 valence electrons. The minimum absolute atomic E-state index is 0.128. The number of hydrogen-bond acceptors (Lipinski definition) is 4. The number of aromatic nitrogens is 3. The Morgan fingerprint density at radius 2 is 1.88 bits per heavy atom. The van der Waals surface area contributed by atoms with Gasteiger partial charge in [0.1, 0.15) is 5.82 Å². The van der Waals surface area contributed by atoms with Gasteiger partial charge in [-0.25, -0.2) is 4.98 Å². The summed E-state index contributed by atoms with van der Waals surface area (Å²) in [5.74, 6) is 1.33. The van der Waals surface area contributed by atoms with Gasteiger partial charge in [0.25, 0.3) is 5.56 Å².